The Kier molecular flexibility index (Phi) is 4.00. The zero-order valence-corrected chi connectivity index (χ0v) is 8.56. The minimum absolute atomic E-state index is 0.781. The van der Waals surface area contributed by atoms with Crippen LogP contribution in [0.5, 0.6) is 0 Å². The second kappa shape index (κ2) is 5.05. The Bertz CT molecular complexity index is 277. The fraction of sp³-hybridized carbons (Fsp3) is 0.273. The minimum atomic E-state index is 0.781. The number of rotatable bonds is 4. The summed E-state index contributed by atoms with van der Waals surface area (Å²) < 4.78 is 0. The normalized spacial score (nSPS) is 10.0. The van der Waals surface area contributed by atoms with Crippen molar-refractivity contribution in [2.45, 2.75) is 6.42 Å². The summed E-state index contributed by atoms with van der Waals surface area (Å²) in [5, 5.41) is 3.85. The van der Waals surface area contributed by atoms with Crippen LogP contribution in [0.1, 0.15) is 5.56 Å². The SMILES string of the molecule is C=C(CNC)Cc1ccc(Cl)cc1. The largest absolute Gasteiger partial charge is 0.316 e. The van der Waals surface area contributed by atoms with Crippen LogP contribution in [-0.2, 0) is 6.42 Å². The van der Waals surface area contributed by atoms with Gasteiger partial charge < -0.3 is 5.32 Å². The summed E-state index contributed by atoms with van der Waals surface area (Å²) in [6.45, 7) is 4.83. The molecule has 0 radical (unpaired) electrons. The van der Waals surface area contributed by atoms with E-state index >= 15 is 0 Å². The van der Waals surface area contributed by atoms with Crippen molar-refractivity contribution in [3.63, 3.8) is 0 Å². The smallest absolute Gasteiger partial charge is 0.0406 e. The molecule has 0 spiro atoms. The van der Waals surface area contributed by atoms with Gasteiger partial charge >= 0.3 is 0 Å². The predicted octanol–water partition coefficient (Wildman–Crippen LogP) is 2.66. The number of hydrogen-bond donors (Lipinski definition) is 1. The van der Waals surface area contributed by atoms with Crippen molar-refractivity contribution in [1.29, 1.82) is 0 Å². The molecule has 1 aromatic carbocycles. The van der Waals surface area contributed by atoms with Gasteiger partial charge in [0.15, 0.2) is 0 Å². The van der Waals surface area contributed by atoms with Crippen molar-refractivity contribution in [1.82, 2.24) is 5.32 Å². The summed E-state index contributed by atoms with van der Waals surface area (Å²) in [4.78, 5) is 0. The van der Waals surface area contributed by atoms with Gasteiger partial charge in [0.1, 0.15) is 0 Å². The molecule has 0 heterocycles. The highest BCUT2D eigenvalue weighted by Crippen LogP contribution is 2.11. The second-order valence-electron chi connectivity index (χ2n) is 3.08. The van der Waals surface area contributed by atoms with E-state index in [2.05, 4.69) is 11.9 Å². The molecule has 0 aromatic heterocycles. The Balaban J connectivity index is 2.54. The van der Waals surface area contributed by atoms with Crippen molar-refractivity contribution in [3.8, 4) is 0 Å². The van der Waals surface area contributed by atoms with Crippen LogP contribution in [0.4, 0.5) is 0 Å². The summed E-state index contributed by atoms with van der Waals surface area (Å²) in [7, 11) is 1.92. The van der Waals surface area contributed by atoms with Gasteiger partial charge in [0, 0.05) is 11.6 Å². The first-order valence-electron chi connectivity index (χ1n) is 4.28. The molecule has 0 atom stereocenters. The lowest BCUT2D eigenvalue weighted by atomic mass is 10.1. The van der Waals surface area contributed by atoms with Crippen LogP contribution in [0.3, 0.4) is 0 Å². The molecular weight excluding hydrogens is 182 g/mol. The fourth-order valence-corrected chi connectivity index (χ4v) is 1.33. The highest BCUT2D eigenvalue weighted by Gasteiger charge is 1.96. The lowest BCUT2D eigenvalue weighted by Crippen LogP contribution is -2.11. The molecule has 2 heteroatoms. The van der Waals surface area contributed by atoms with E-state index in [9.17, 15) is 0 Å². The Morgan fingerprint density at radius 3 is 2.54 bits per heavy atom. The van der Waals surface area contributed by atoms with Gasteiger partial charge in [-0.05, 0) is 31.2 Å². The Morgan fingerprint density at radius 1 is 1.38 bits per heavy atom. The van der Waals surface area contributed by atoms with E-state index in [1.165, 1.54) is 11.1 Å². The second-order valence-corrected chi connectivity index (χ2v) is 3.52. The number of hydrogen-bond acceptors (Lipinski definition) is 1. The molecule has 1 N–H and O–H groups in total. The molecule has 0 saturated carbocycles. The topological polar surface area (TPSA) is 12.0 Å². The average molecular weight is 196 g/mol. The lowest BCUT2D eigenvalue weighted by molar-refractivity contribution is 0.858. The van der Waals surface area contributed by atoms with E-state index in [0.717, 1.165) is 18.0 Å². The molecule has 13 heavy (non-hydrogen) atoms. The third-order valence-corrected chi connectivity index (χ3v) is 2.05. The monoisotopic (exact) mass is 195 g/mol. The first kappa shape index (κ1) is 10.3. The number of benzene rings is 1. The van der Waals surface area contributed by atoms with Crippen LogP contribution < -0.4 is 5.32 Å². The van der Waals surface area contributed by atoms with Crippen molar-refractivity contribution < 1.29 is 0 Å². The van der Waals surface area contributed by atoms with Crippen molar-refractivity contribution in [2.75, 3.05) is 13.6 Å². The molecule has 0 aliphatic rings. The fourth-order valence-electron chi connectivity index (χ4n) is 1.20. The molecule has 1 aromatic rings. The molecule has 0 bridgehead atoms. The third-order valence-electron chi connectivity index (χ3n) is 1.79. The van der Waals surface area contributed by atoms with Gasteiger partial charge in [-0.25, -0.2) is 0 Å². The molecule has 0 fully saturated rings. The van der Waals surface area contributed by atoms with Crippen LogP contribution in [0, 0.1) is 0 Å². The van der Waals surface area contributed by atoms with Crippen LogP contribution in [0.15, 0.2) is 36.4 Å². The van der Waals surface area contributed by atoms with Crippen molar-refractivity contribution >= 4 is 11.6 Å². The minimum Gasteiger partial charge on any atom is -0.316 e. The quantitative estimate of drug-likeness (QED) is 0.729. The van der Waals surface area contributed by atoms with Gasteiger partial charge in [0.05, 0.1) is 0 Å². The molecule has 1 rings (SSSR count). The predicted molar refractivity (Wildman–Crippen MR) is 58.2 cm³/mol. The first-order chi connectivity index (χ1) is 6.22. The van der Waals surface area contributed by atoms with E-state index in [1.54, 1.807) is 0 Å². The third kappa shape index (κ3) is 3.62. The molecule has 0 aliphatic heterocycles. The van der Waals surface area contributed by atoms with Gasteiger partial charge in [-0.15, -0.1) is 0 Å². The number of halogens is 1. The Labute approximate surface area is 84.4 Å². The maximum Gasteiger partial charge on any atom is 0.0406 e. The zero-order chi connectivity index (χ0) is 9.68. The average Bonchev–Trinajstić information content (AvgIpc) is 2.09. The van der Waals surface area contributed by atoms with E-state index in [0.29, 0.717) is 0 Å². The van der Waals surface area contributed by atoms with Crippen molar-refractivity contribution in [2.24, 2.45) is 0 Å². The molecule has 0 unspecified atom stereocenters. The van der Waals surface area contributed by atoms with Gasteiger partial charge in [0.25, 0.3) is 0 Å². The van der Waals surface area contributed by atoms with Gasteiger partial charge in [-0.3, -0.25) is 0 Å². The number of likely N-dealkylation sites (N-methyl/N-ethyl adjacent to an activating group) is 1. The Hall–Kier alpha value is -0.790. The van der Waals surface area contributed by atoms with Crippen molar-refractivity contribution in [3.05, 3.63) is 47.0 Å². The van der Waals surface area contributed by atoms with Crippen LogP contribution >= 0.6 is 11.6 Å². The number of nitrogens with one attached hydrogen (secondary N) is 1. The highest BCUT2D eigenvalue weighted by molar-refractivity contribution is 6.30. The van der Waals surface area contributed by atoms with Gasteiger partial charge in [-0.1, -0.05) is 35.9 Å². The summed E-state index contributed by atoms with van der Waals surface area (Å²) in [5.41, 5.74) is 2.44. The summed E-state index contributed by atoms with van der Waals surface area (Å²) in [6.07, 6.45) is 0.915. The molecule has 1 nitrogen and oxygen atoms in total. The van der Waals surface area contributed by atoms with E-state index in [1.807, 2.05) is 31.3 Å². The maximum atomic E-state index is 5.77. The highest BCUT2D eigenvalue weighted by atomic mass is 35.5. The van der Waals surface area contributed by atoms with E-state index in [4.69, 9.17) is 11.6 Å². The molecule has 70 valence electrons. The zero-order valence-electron chi connectivity index (χ0n) is 7.81. The summed E-state index contributed by atoms with van der Waals surface area (Å²) in [5.74, 6) is 0. The van der Waals surface area contributed by atoms with Crippen LogP contribution in [0.25, 0.3) is 0 Å². The molecule has 0 saturated heterocycles. The Morgan fingerprint density at radius 2 is 2.00 bits per heavy atom. The molecule has 0 amide bonds. The van der Waals surface area contributed by atoms with E-state index in [-0.39, 0.29) is 0 Å². The first-order valence-corrected chi connectivity index (χ1v) is 4.66. The van der Waals surface area contributed by atoms with Crippen LogP contribution in [-0.4, -0.2) is 13.6 Å². The summed E-state index contributed by atoms with van der Waals surface area (Å²) in [6, 6.07) is 7.87. The summed E-state index contributed by atoms with van der Waals surface area (Å²) >= 11 is 5.77. The standard InChI is InChI=1S/C11H14ClN/c1-9(8-13-2)7-10-3-5-11(12)6-4-10/h3-6,13H,1,7-8H2,2H3. The lowest BCUT2D eigenvalue weighted by Gasteiger charge is -2.04. The molecule has 0 aliphatic carbocycles. The molecular formula is C11H14ClN. The van der Waals surface area contributed by atoms with Gasteiger partial charge in [0.2, 0.25) is 0 Å². The van der Waals surface area contributed by atoms with Crippen LogP contribution in [0.2, 0.25) is 5.02 Å². The maximum absolute atomic E-state index is 5.77. The van der Waals surface area contributed by atoms with E-state index < -0.39 is 0 Å². The van der Waals surface area contributed by atoms with Gasteiger partial charge in [-0.2, -0.15) is 0 Å².